The maximum atomic E-state index is 17.3. The molecule has 2 aromatic carbocycles. The smallest absolute Gasteiger partial charge is 0.246 e. The number of nitrogens with two attached hydrogens (primary N) is 1. The molecule has 3 aromatic rings. The monoisotopic (exact) mass is 635 g/mol. The topological polar surface area (TPSA) is 142 Å². The number of aryl methyl sites for hydroxylation is 2. The van der Waals surface area contributed by atoms with E-state index in [-0.39, 0.29) is 45.7 Å². The largest absolute Gasteiger partial charge is 0.398 e. The molecule has 1 fully saturated rings. The Morgan fingerprint density at radius 3 is 2.64 bits per heavy atom. The number of aromatic nitrogens is 1. The van der Waals surface area contributed by atoms with Crippen molar-refractivity contribution in [3.63, 3.8) is 0 Å². The number of aliphatic hydroxyl groups is 1. The molecule has 44 heavy (non-hydrogen) atoms. The number of carbonyl (C=O) groups excluding carboxylic acids is 1. The van der Waals surface area contributed by atoms with Gasteiger partial charge < -0.3 is 31.4 Å². The highest BCUT2D eigenvalue weighted by Crippen LogP contribution is 2.50. The van der Waals surface area contributed by atoms with Crippen molar-refractivity contribution < 1.29 is 14.3 Å². The van der Waals surface area contributed by atoms with Gasteiger partial charge in [0.2, 0.25) is 5.91 Å². The predicted molar refractivity (Wildman–Crippen MR) is 176 cm³/mol. The molecule has 3 atom stereocenters. The minimum absolute atomic E-state index is 0.00472. The van der Waals surface area contributed by atoms with Gasteiger partial charge in [-0.15, -0.1) is 11.8 Å². The second-order valence-corrected chi connectivity index (χ2v) is 12.6. The average Bonchev–Trinajstić information content (AvgIpc) is 3.13. The summed E-state index contributed by atoms with van der Waals surface area (Å²) >= 11 is 8.52. The lowest BCUT2D eigenvalue weighted by Crippen LogP contribution is -2.61. The minimum Gasteiger partial charge on any atom is -0.398 e. The number of nitrogen functional groups attached to an aromatic ring is 1. The summed E-state index contributed by atoms with van der Waals surface area (Å²) in [6.45, 7) is 11.5. The molecule has 0 radical (unpaired) electrons. The first-order chi connectivity index (χ1) is 20.9. The summed E-state index contributed by atoms with van der Waals surface area (Å²) in [5.41, 5.74) is 9.74. The summed E-state index contributed by atoms with van der Waals surface area (Å²) in [4.78, 5) is 21.1. The van der Waals surface area contributed by atoms with Gasteiger partial charge >= 0.3 is 0 Å². The van der Waals surface area contributed by atoms with Gasteiger partial charge in [0, 0.05) is 59.0 Å². The van der Waals surface area contributed by atoms with Crippen LogP contribution in [0.3, 0.4) is 0 Å². The fourth-order valence-corrected chi connectivity index (χ4v) is 7.75. The molecule has 9 nitrogen and oxygen atoms in total. The first kappa shape index (κ1) is 31.5. The fraction of sp³-hybridized carbons (Fsp3) is 0.312. The van der Waals surface area contributed by atoms with Crippen LogP contribution in [0.4, 0.5) is 21.5 Å². The SMILES string of the molecule is C=CC(=O)N1CC(C)N2C(=N)c3c(Nc4c(C)ccnc4C(C)O)c(F)c(-c4c(C)ccc(N)c4C=N)c(Cl)c3SCC2C1. The third-order valence-electron chi connectivity index (χ3n) is 8.24. The van der Waals surface area contributed by atoms with Crippen molar-refractivity contribution in [3.05, 3.63) is 75.8 Å². The third-order valence-corrected chi connectivity index (χ3v) is 9.97. The average molecular weight is 636 g/mol. The van der Waals surface area contributed by atoms with Crippen LogP contribution >= 0.6 is 23.4 Å². The molecule has 0 saturated carbocycles. The second kappa shape index (κ2) is 12.2. The number of piperazine rings is 1. The highest BCUT2D eigenvalue weighted by molar-refractivity contribution is 7.99. The Kier molecular flexibility index (Phi) is 8.75. The molecule has 230 valence electrons. The number of hydrogen-bond acceptors (Lipinski definition) is 8. The molecule has 12 heteroatoms. The summed E-state index contributed by atoms with van der Waals surface area (Å²) in [7, 11) is 0. The van der Waals surface area contributed by atoms with Gasteiger partial charge in [0.1, 0.15) is 5.84 Å². The van der Waals surface area contributed by atoms with Gasteiger partial charge in [-0.2, -0.15) is 0 Å². The zero-order valence-corrected chi connectivity index (χ0v) is 26.5. The molecule has 3 heterocycles. The van der Waals surface area contributed by atoms with Gasteiger partial charge in [-0.3, -0.25) is 15.2 Å². The first-order valence-corrected chi connectivity index (χ1v) is 15.5. The van der Waals surface area contributed by atoms with Gasteiger partial charge in [-0.1, -0.05) is 24.2 Å². The van der Waals surface area contributed by atoms with Crippen LogP contribution in [0.25, 0.3) is 11.1 Å². The normalized spacial score (nSPS) is 18.7. The number of pyridine rings is 1. The zero-order chi connectivity index (χ0) is 32.0. The van der Waals surface area contributed by atoms with E-state index in [0.29, 0.717) is 57.5 Å². The number of amidine groups is 1. The molecule has 0 spiro atoms. The highest BCUT2D eigenvalue weighted by atomic mass is 35.5. The lowest BCUT2D eigenvalue weighted by Gasteiger charge is -2.46. The number of benzene rings is 2. The first-order valence-electron chi connectivity index (χ1n) is 14.2. The van der Waals surface area contributed by atoms with Crippen molar-refractivity contribution in [2.75, 3.05) is 29.9 Å². The number of rotatable bonds is 6. The summed E-state index contributed by atoms with van der Waals surface area (Å²) in [5, 5.41) is 31.5. The van der Waals surface area contributed by atoms with Crippen molar-refractivity contribution in [1.29, 1.82) is 10.8 Å². The summed E-state index contributed by atoms with van der Waals surface area (Å²) in [6, 6.07) is 4.68. The molecule has 0 bridgehead atoms. The maximum absolute atomic E-state index is 17.3. The van der Waals surface area contributed by atoms with Crippen LogP contribution in [0, 0.1) is 30.5 Å². The lowest BCUT2D eigenvalue weighted by atomic mass is 9.91. The van der Waals surface area contributed by atoms with Crippen LogP contribution in [0.1, 0.15) is 47.9 Å². The Balaban J connectivity index is 1.81. The Hall–Kier alpha value is -3.93. The number of nitrogens with zero attached hydrogens (tertiary/aromatic N) is 3. The van der Waals surface area contributed by atoms with Crippen LogP contribution in [-0.4, -0.2) is 68.8 Å². The van der Waals surface area contributed by atoms with E-state index < -0.39 is 11.9 Å². The van der Waals surface area contributed by atoms with E-state index in [1.165, 1.54) is 17.8 Å². The van der Waals surface area contributed by atoms with Gasteiger partial charge in [0.25, 0.3) is 0 Å². The molecule has 5 rings (SSSR count). The van der Waals surface area contributed by atoms with E-state index in [1.807, 2.05) is 18.7 Å². The van der Waals surface area contributed by atoms with Crippen molar-refractivity contribution in [1.82, 2.24) is 14.8 Å². The van der Waals surface area contributed by atoms with Crippen LogP contribution in [0.5, 0.6) is 0 Å². The van der Waals surface area contributed by atoms with Crippen molar-refractivity contribution in [2.45, 2.75) is 50.8 Å². The van der Waals surface area contributed by atoms with Crippen LogP contribution < -0.4 is 11.1 Å². The molecule has 3 unspecified atom stereocenters. The molecule has 1 aromatic heterocycles. The Morgan fingerprint density at radius 2 is 1.98 bits per heavy atom. The number of anilines is 3. The molecule has 2 aliphatic heterocycles. The Labute approximate surface area is 265 Å². The van der Waals surface area contributed by atoms with Gasteiger partial charge in [0.05, 0.1) is 39.8 Å². The number of carbonyl (C=O) groups is 1. The summed E-state index contributed by atoms with van der Waals surface area (Å²) < 4.78 is 17.3. The molecule has 1 saturated heterocycles. The number of aliphatic hydroxyl groups excluding tert-OH is 1. The second-order valence-electron chi connectivity index (χ2n) is 11.2. The van der Waals surface area contributed by atoms with Crippen LogP contribution in [0.15, 0.2) is 41.9 Å². The molecular formula is C32H35ClFN7O2S. The van der Waals surface area contributed by atoms with Crippen molar-refractivity contribution in [2.24, 2.45) is 0 Å². The highest BCUT2D eigenvalue weighted by Gasteiger charge is 2.41. The molecular weight excluding hydrogens is 601 g/mol. The van der Waals surface area contributed by atoms with Gasteiger partial charge in [-0.05, 0) is 62.6 Å². The van der Waals surface area contributed by atoms with Crippen LogP contribution in [-0.2, 0) is 4.79 Å². The van der Waals surface area contributed by atoms with E-state index in [9.17, 15) is 15.3 Å². The fourth-order valence-electron chi connectivity index (χ4n) is 6.12. The van der Waals surface area contributed by atoms with E-state index in [4.69, 9.17) is 22.7 Å². The van der Waals surface area contributed by atoms with Crippen molar-refractivity contribution >= 4 is 58.4 Å². The Morgan fingerprint density at radius 1 is 1.25 bits per heavy atom. The molecule has 1 amide bonds. The summed E-state index contributed by atoms with van der Waals surface area (Å²) in [6.07, 6.45) is 3.00. The maximum Gasteiger partial charge on any atom is 0.246 e. The summed E-state index contributed by atoms with van der Waals surface area (Å²) in [5.74, 6) is -0.358. The minimum atomic E-state index is -0.958. The van der Waals surface area contributed by atoms with Crippen molar-refractivity contribution in [3.8, 4) is 11.1 Å². The van der Waals surface area contributed by atoms with E-state index >= 15 is 4.39 Å². The zero-order valence-electron chi connectivity index (χ0n) is 25.0. The number of halogens is 2. The number of nitrogens with one attached hydrogen (secondary N) is 3. The third kappa shape index (κ3) is 5.22. The lowest BCUT2D eigenvalue weighted by molar-refractivity contribution is -0.129. The number of amides is 1. The number of hydrogen-bond donors (Lipinski definition) is 5. The number of thioether (sulfide) groups is 1. The predicted octanol–water partition coefficient (Wildman–Crippen LogP) is 6.05. The van der Waals surface area contributed by atoms with E-state index in [0.717, 1.165) is 11.8 Å². The Bertz CT molecular complexity index is 1710. The number of fused-ring (bicyclic) bond motifs is 2. The molecule has 2 aliphatic rings. The van der Waals surface area contributed by atoms with Crippen LogP contribution in [0.2, 0.25) is 5.02 Å². The molecule has 6 N–H and O–H groups in total. The molecule has 0 aliphatic carbocycles. The van der Waals surface area contributed by atoms with E-state index in [1.54, 1.807) is 43.1 Å². The quantitative estimate of drug-likeness (QED) is 0.126. The standard InChI is InChI=1S/C32H35ClFN7O2S/c1-6-22(43)40-12-17(4)41-19(13-40)14-44-31-25(32(41)37)30(39-28-16(3)9-10-38-29(28)18(5)42)27(34)24(26(31)33)23-15(2)7-8-21(36)20(23)11-35/h6-11,17-19,35,37,39,42H,1,12-14,36H2,2-5H3. The van der Waals surface area contributed by atoms with Gasteiger partial charge in [-0.25, -0.2) is 4.39 Å². The van der Waals surface area contributed by atoms with Gasteiger partial charge in [0.15, 0.2) is 5.82 Å². The van der Waals surface area contributed by atoms with E-state index in [2.05, 4.69) is 16.9 Å².